The summed E-state index contributed by atoms with van der Waals surface area (Å²) in [6, 6.07) is 4.02. The van der Waals surface area contributed by atoms with Crippen LogP contribution in [0.3, 0.4) is 0 Å². The highest BCUT2D eigenvalue weighted by atomic mass is 19.1. The summed E-state index contributed by atoms with van der Waals surface area (Å²) in [5, 5.41) is 12.2. The Morgan fingerprint density at radius 1 is 1.32 bits per heavy atom. The van der Waals surface area contributed by atoms with Crippen LogP contribution in [0.2, 0.25) is 0 Å². The van der Waals surface area contributed by atoms with E-state index in [9.17, 15) is 13.9 Å². The number of aromatic nitrogens is 4. The predicted octanol–water partition coefficient (Wildman–Crippen LogP) is 2.73. The molecule has 0 bridgehead atoms. The number of rotatable bonds is 4. The summed E-state index contributed by atoms with van der Waals surface area (Å²) < 4.78 is 34.5. The molecule has 130 valence electrons. The minimum absolute atomic E-state index is 0.190. The first-order valence-electron chi connectivity index (χ1n) is 7.85. The number of phenolic OH excluding ortho intramolecular Hbond substituents is 1. The van der Waals surface area contributed by atoms with E-state index in [0.29, 0.717) is 23.3 Å². The fourth-order valence-corrected chi connectivity index (χ4v) is 2.85. The van der Waals surface area contributed by atoms with Gasteiger partial charge in [0.15, 0.2) is 28.5 Å². The number of benzene rings is 1. The molecule has 1 atom stereocenters. The van der Waals surface area contributed by atoms with Crippen LogP contribution in [0.1, 0.15) is 24.6 Å². The maximum atomic E-state index is 13.8. The van der Waals surface area contributed by atoms with Gasteiger partial charge in [-0.25, -0.2) is 9.37 Å². The van der Waals surface area contributed by atoms with Crippen molar-refractivity contribution in [1.82, 2.24) is 19.5 Å². The Morgan fingerprint density at radius 2 is 2.20 bits per heavy atom. The van der Waals surface area contributed by atoms with Gasteiger partial charge in [0.1, 0.15) is 6.23 Å². The van der Waals surface area contributed by atoms with Crippen molar-refractivity contribution < 1.29 is 18.6 Å². The number of imidazole rings is 1. The number of fused-ring (bicyclic) bond motifs is 1. The first-order valence-corrected chi connectivity index (χ1v) is 7.85. The molecule has 1 saturated heterocycles. The largest absolute Gasteiger partial charge is 0.505 e. The third-order valence-electron chi connectivity index (χ3n) is 4.08. The summed E-state index contributed by atoms with van der Waals surface area (Å²) in [4.78, 5) is 11.8. The highest BCUT2D eigenvalue weighted by Gasteiger charge is 2.22. The Bertz CT molecular complexity index is 924. The quantitative estimate of drug-likeness (QED) is 0.706. The molecule has 0 radical (unpaired) electrons. The van der Waals surface area contributed by atoms with Crippen molar-refractivity contribution in [3.63, 3.8) is 0 Å². The Hall–Kier alpha value is -2.81. The van der Waals surface area contributed by atoms with Crippen LogP contribution in [0.5, 0.6) is 5.75 Å². The van der Waals surface area contributed by atoms with E-state index in [1.807, 2.05) is 0 Å². The van der Waals surface area contributed by atoms with E-state index < -0.39 is 17.6 Å². The molecule has 1 aliphatic rings. The molecule has 25 heavy (non-hydrogen) atoms. The summed E-state index contributed by atoms with van der Waals surface area (Å²) in [5.74, 6) is -0.928. The van der Waals surface area contributed by atoms with Gasteiger partial charge in [-0.2, -0.15) is 14.4 Å². The number of phenols is 1. The van der Waals surface area contributed by atoms with Crippen LogP contribution in [-0.2, 0) is 11.3 Å². The number of ether oxygens (including phenoxy) is 1. The smallest absolute Gasteiger partial charge is 0.312 e. The molecule has 2 aromatic heterocycles. The lowest BCUT2D eigenvalue weighted by Gasteiger charge is -2.12. The van der Waals surface area contributed by atoms with Crippen LogP contribution in [0, 0.1) is 11.9 Å². The highest BCUT2D eigenvalue weighted by Crippen LogP contribution is 2.28. The summed E-state index contributed by atoms with van der Waals surface area (Å²) >= 11 is 0. The summed E-state index contributed by atoms with van der Waals surface area (Å²) in [6.07, 6.45) is 2.20. The fraction of sp³-hybridized carbons (Fsp3) is 0.312. The van der Waals surface area contributed by atoms with Crippen LogP contribution >= 0.6 is 0 Å². The summed E-state index contributed by atoms with van der Waals surface area (Å²) in [5.41, 5.74) is 1.33. The van der Waals surface area contributed by atoms with Gasteiger partial charge >= 0.3 is 6.08 Å². The second-order valence-corrected chi connectivity index (χ2v) is 5.77. The molecule has 3 aromatic rings. The van der Waals surface area contributed by atoms with Crippen molar-refractivity contribution in [2.75, 3.05) is 11.9 Å². The molecule has 0 saturated carbocycles. The molecular formula is C16H15F2N5O2. The van der Waals surface area contributed by atoms with Crippen LogP contribution in [-0.4, -0.2) is 31.2 Å². The molecule has 4 rings (SSSR count). The van der Waals surface area contributed by atoms with Gasteiger partial charge in [-0.05, 0) is 30.5 Å². The molecule has 7 nitrogen and oxygen atoms in total. The molecule has 9 heteroatoms. The minimum Gasteiger partial charge on any atom is -0.505 e. The van der Waals surface area contributed by atoms with Crippen LogP contribution in [0.25, 0.3) is 11.2 Å². The number of nitrogens with one attached hydrogen (secondary N) is 1. The van der Waals surface area contributed by atoms with Gasteiger partial charge in [0.25, 0.3) is 0 Å². The number of aromatic hydroxyl groups is 1. The lowest BCUT2D eigenvalue weighted by Crippen LogP contribution is -2.09. The zero-order valence-electron chi connectivity index (χ0n) is 13.1. The van der Waals surface area contributed by atoms with E-state index in [1.165, 1.54) is 12.1 Å². The molecule has 1 aliphatic heterocycles. The second-order valence-electron chi connectivity index (χ2n) is 5.77. The molecule has 1 fully saturated rings. The fourth-order valence-electron chi connectivity index (χ4n) is 2.85. The average Bonchev–Trinajstić information content (AvgIpc) is 3.24. The van der Waals surface area contributed by atoms with Crippen LogP contribution < -0.4 is 5.32 Å². The summed E-state index contributed by atoms with van der Waals surface area (Å²) in [6.45, 7) is 0.838. The van der Waals surface area contributed by atoms with Crippen LogP contribution in [0.4, 0.5) is 14.6 Å². The van der Waals surface area contributed by atoms with Crippen molar-refractivity contribution in [2.45, 2.75) is 25.6 Å². The number of nitrogens with zero attached hydrogens (tertiary/aromatic N) is 4. The molecule has 0 aliphatic carbocycles. The number of hydrogen-bond donors (Lipinski definition) is 2. The average molecular weight is 347 g/mol. The zero-order valence-corrected chi connectivity index (χ0v) is 13.1. The van der Waals surface area contributed by atoms with Gasteiger partial charge in [-0.15, -0.1) is 0 Å². The first-order chi connectivity index (χ1) is 12.1. The predicted molar refractivity (Wildman–Crippen MR) is 84.9 cm³/mol. The lowest BCUT2D eigenvalue weighted by atomic mass is 10.2. The maximum absolute atomic E-state index is 13.8. The molecule has 3 heterocycles. The molecular weight excluding hydrogens is 332 g/mol. The Balaban J connectivity index is 1.63. The van der Waals surface area contributed by atoms with E-state index in [2.05, 4.69) is 20.3 Å². The van der Waals surface area contributed by atoms with E-state index >= 15 is 0 Å². The molecule has 0 spiro atoms. The van der Waals surface area contributed by atoms with Crippen molar-refractivity contribution in [3.05, 3.63) is 42.0 Å². The van der Waals surface area contributed by atoms with Gasteiger partial charge in [-0.1, -0.05) is 6.07 Å². The third-order valence-corrected chi connectivity index (χ3v) is 4.08. The van der Waals surface area contributed by atoms with Gasteiger partial charge in [-0.3, -0.25) is 4.57 Å². The number of halogens is 2. The molecule has 0 amide bonds. The summed E-state index contributed by atoms with van der Waals surface area (Å²) in [7, 11) is 0. The van der Waals surface area contributed by atoms with E-state index in [4.69, 9.17) is 4.74 Å². The highest BCUT2D eigenvalue weighted by molar-refractivity contribution is 5.82. The van der Waals surface area contributed by atoms with Gasteiger partial charge in [0.2, 0.25) is 0 Å². The molecule has 2 N–H and O–H groups in total. The van der Waals surface area contributed by atoms with Gasteiger partial charge in [0, 0.05) is 13.2 Å². The van der Waals surface area contributed by atoms with Crippen molar-refractivity contribution in [3.8, 4) is 5.75 Å². The number of hydrogen-bond acceptors (Lipinski definition) is 6. The number of anilines is 1. The molecule has 1 unspecified atom stereocenters. The third kappa shape index (κ3) is 2.98. The van der Waals surface area contributed by atoms with Crippen LogP contribution in [0.15, 0.2) is 24.5 Å². The zero-order chi connectivity index (χ0) is 17.4. The Kier molecular flexibility index (Phi) is 3.92. The Labute approximate surface area is 141 Å². The van der Waals surface area contributed by atoms with E-state index in [1.54, 1.807) is 17.0 Å². The lowest BCUT2D eigenvalue weighted by molar-refractivity contribution is 0.0592. The molecule has 1 aromatic carbocycles. The van der Waals surface area contributed by atoms with Gasteiger partial charge < -0.3 is 15.2 Å². The maximum Gasteiger partial charge on any atom is 0.312 e. The standard InChI is InChI=1S/C16H15F2N5O2/c17-10-6-9(3-4-11(10)24)7-19-14-13-15(22-16(18)21-14)23(8-20-13)12-2-1-5-25-12/h3-4,6,8,12,24H,1-2,5,7H2,(H,19,21,22). The van der Waals surface area contributed by atoms with Crippen molar-refractivity contribution in [1.29, 1.82) is 0 Å². The SMILES string of the molecule is Oc1ccc(CNc2nc(F)nc3c2ncn3C2CCCO2)cc1F. The second kappa shape index (κ2) is 6.25. The monoisotopic (exact) mass is 347 g/mol. The normalized spacial score (nSPS) is 17.3. The first kappa shape index (κ1) is 15.7. The van der Waals surface area contributed by atoms with Crippen molar-refractivity contribution >= 4 is 17.0 Å². The Morgan fingerprint density at radius 3 is 2.96 bits per heavy atom. The van der Waals surface area contributed by atoms with Gasteiger partial charge in [0.05, 0.1) is 6.33 Å². The minimum atomic E-state index is -0.883. The van der Waals surface area contributed by atoms with E-state index in [0.717, 1.165) is 12.8 Å². The van der Waals surface area contributed by atoms with Crippen molar-refractivity contribution in [2.24, 2.45) is 0 Å². The van der Waals surface area contributed by atoms with E-state index in [-0.39, 0.29) is 18.6 Å². The topological polar surface area (TPSA) is 85.1 Å².